The average Bonchev–Trinajstić information content (AvgIpc) is 3.41. The number of benzene rings is 6. The zero-order valence-electron chi connectivity index (χ0n) is 25.1. The first-order chi connectivity index (χ1) is 22.5. The second-order valence-electron chi connectivity index (χ2n) is 11.4. The highest BCUT2D eigenvalue weighted by atomic mass is 32.2. The molecule has 5 nitrogen and oxygen atoms in total. The lowest BCUT2D eigenvalue weighted by Crippen LogP contribution is -2.24. The van der Waals surface area contributed by atoms with Gasteiger partial charge in [0.05, 0.1) is 22.7 Å². The topological polar surface area (TPSA) is 55.4 Å². The highest BCUT2D eigenvalue weighted by Gasteiger charge is 2.32. The number of aryl methyl sites for hydroxylation is 1. The van der Waals surface area contributed by atoms with Crippen LogP contribution in [0.3, 0.4) is 0 Å². The van der Waals surface area contributed by atoms with Crippen LogP contribution >= 0.6 is 11.8 Å². The summed E-state index contributed by atoms with van der Waals surface area (Å²) in [6, 6.07) is 44.9. The van der Waals surface area contributed by atoms with Gasteiger partial charge in [0.15, 0.2) is 0 Å². The highest BCUT2D eigenvalue weighted by Crippen LogP contribution is 2.53. The summed E-state index contributed by atoms with van der Waals surface area (Å²) in [5.41, 5.74) is 10.3. The molecule has 1 aromatic heterocycles. The maximum atomic E-state index is 11.6. The first kappa shape index (κ1) is 27.9. The lowest BCUT2D eigenvalue weighted by Gasteiger charge is -2.37. The molecule has 1 N–H and O–H groups in total. The lowest BCUT2D eigenvalue weighted by atomic mass is 9.85. The third kappa shape index (κ3) is 4.41. The summed E-state index contributed by atoms with van der Waals surface area (Å²) in [6.07, 6.45) is 0. The third-order valence-electron chi connectivity index (χ3n) is 8.82. The predicted molar refractivity (Wildman–Crippen MR) is 189 cm³/mol. The summed E-state index contributed by atoms with van der Waals surface area (Å²) in [4.78, 5) is 6.30. The van der Waals surface area contributed by atoms with Crippen molar-refractivity contribution in [3.63, 3.8) is 0 Å². The van der Waals surface area contributed by atoms with Crippen molar-refractivity contribution >= 4 is 64.3 Å². The molecule has 0 unspecified atom stereocenters. The van der Waals surface area contributed by atoms with E-state index in [-0.39, 0.29) is 0 Å². The number of para-hydroxylation sites is 3. The Bertz CT molecular complexity index is 2310. The van der Waals surface area contributed by atoms with Crippen molar-refractivity contribution in [1.29, 1.82) is 5.26 Å². The van der Waals surface area contributed by atoms with E-state index < -0.39 is 0 Å². The first-order valence-corrected chi connectivity index (χ1v) is 15.9. The Morgan fingerprint density at radius 2 is 1.46 bits per heavy atom. The van der Waals surface area contributed by atoms with Crippen molar-refractivity contribution in [3.05, 3.63) is 144 Å². The Morgan fingerprint density at radius 3 is 2.20 bits per heavy atom. The van der Waals surface area contributed by atoms with Crippen LogP contribution in [0.5, 0.6) is 0 Å². The molecule has 7 aromatic rings. The van der Waals surface area contributed by atoms with Crippen LogP contribution < -0.4 is 9.71 Å². The normalized spacial score (nSPS) is 12.1. The van der Waals surface area contributed by atoms with Crippen molar-refractivity contribution in [2.75, 3.05) is 9.71 Å². The first-order valence-electron chi connectivity index (χ1n) is 15.1. The van der Waals surface area contributed by atoms with Crippen molar-refractivity contribution in [1.82, 2.24) is 4.73 Å². The van der Waals surface area contributed by atoms with Gasteiger partial charge < -0.3 is 14.9 Å². The van der Waals surface area contributed by atoms with E-state index in [1.807, 2.05) is 79.7 Å². The largest absolute Gasteiger partial charge is 0.428 e. The Balaban J connectivity index is 1.31. The van der Waals surface area contributed by atoms with Gasteiger partial charge in [-0.25, -0.2) is 0 Å². The number of nitrogens with zero attached hydrogens (tertiary/aromatic N) is 4. The molecule has 0 bridgehead atoms. The number of aromatic nitrogens is 1. The predicted octanol–water partition coefficient (Wildman–Crippen LogP) is 9.90. The smallest absolute Gasteiger partial charge is 0.234 e. The summed E-state index contributed by atoms with van der Waals surface area (Å²) in [5.74, 6) is 0. The molecule has 0 atom stereocenters. The number of nitriles is 1. The van der Waals surface area contributed by atoms with E-state index in [2.05, 4.69) is 65.6 Å². The molecule has 1 aliphatic rings. The zero-order valence-corrected chi connectivity index (χ0v) is 25.9. The minimum absolute atomic E-state index is 0.592. The molecular weight excluding hydrogens is 583 g/mol. The van der Waals surface area contributed by atoms with Crippen LogP contribution in [0.15, 0.2) is 137 Å². The van der Waals surface area contributed by atoms with Gasteiger partial charge in [0.2, 0.25) is 7.98 Å². The molecule has 8 rings (SSSR count). The fourth-order valence-corrected chi connectivity index (χ4v) is 7.55. The molecule has 218 valence electrons. The molecule has 2 radical (unpaired) electrons. The van der Waals surface area contributed by atoms with E-state index in [1.54, 1.807) is 16.6 Å². The van der Waals surface area contributed by atoms with Crippen LogP contribution in [0, 0.1) is 18.3 Å². The molecule has 0 saturated carbocycles. The minimum Gasteiger partial charge on any atom is -0.428 e. The number of hydrogen-bond acceptors (Lipinski definition) is 5. The summed E-state index contributed by atoms with van der Waals surface area (Å²) >= 11 is 1.67. The molecule has 46 heavy (non-hydrogen) atoms. The van der Waals surface area contributed by atoms with Gasteiger partial charge in [-0.1, -0.05) is 66.4 Å². The van der Waals surface area contributed by atoms with E-state index in [0.29, 0.717) is 12.1 Å². The maximum Gasteiger partial charge on any atom is 0.234 e. The molecule has 0 fully saturated rings. The lowest BCUT2D eigenvalue weighted by molar-refractivity contribution is 0.212. The second-order valence-corrected chi connectivity index (χ2v) is 12.6. The van der Waals surface area contributed by atoms with Gasteiger partial charge in [0, 0.05) is 61.0 Å². The van der Waals surface area contributed by atoms with Gasteiger partial charge in [-0.05, 0) is 90.8 Å². The summed E-state index contributed by atoms with van der Waals surface area (Å²) in [6.45, 7) is 2.64. The molecule has 1 aliphatic heterocycles. The van der Waals surface area contributed by atoms with Gasteiger partial charge in [-0.15, -0.1) is 0 Å². The number of rotatable bonds is 5. The number of fused-ring (bicyclic) bond motifs is 7. The van der Waals surface area contributed by atoms with Gasteiger partial charge >= 0.3 is 0 Å². The molecule has 0 amide bonds. The fourth-order valence-electron chi connectivity index (χ4n) is 6.73. The average molecular weight is 611 g/mol. The highest BCUT2D eigenvalue weighted by molar-refractivity contribution is 7.99. The van der Waals surface area contributed by atoms with Crippen molar-refractivity contribution in [2.45, 2.75) is 23.3 Å². The fraction of sp³-hybridized carbons (Fsp3) is 0.0513. The quantitative estimate of drug-likeness (QED) is 0.155. The maximum absolute atomic E-state index is 11.6. The van der Waals surface area contributed by atoms with E-state index >= 15 is 0 Å². The van der Waals surface area contributed by atoms with Gasteiger partial charge in [-0.2, -0.15) is 9.99 Å². The SMILES string of the molecule is [B]N(c1ccccc1)c1c2c(c3c4ccccc4n(O)c3c1C)CN(c1ccc(Sc3ccc(C#N)cc3)cc1)c1ccccc1-2. The van der Waals surface area contributed by atoms with E-state index in [4.69, 9.17) is 13.2 Å². The minimum atomic E-state index is 0.592. The molecule has 0 aliphatic carbocycles. The molecular formula is C39H27BN4OS. The molecule has 6 aromatic carbocycles. The van der Waals surface area contributed by atoms with E-state index in [1.165, 1.54) is 4.73 Å². The molecule has 0 spiro atoms. The number of hydrogen-bond donors (Lipinski definition) is 1. The standard InChI is InChI=1S/C39H27BN4OS/c1-25-38(43(40)28-9-3-2-4-10-28)36-31-11-5-7-13-34(31)42(24-33(36)37-32-12-6-8-14-35(32)44(45)39(25)37)27-17-21-30(22-18-27)46-29-19-15-26(23-41)16-20-29/h2-22,45H,24H2,1H3. The molecule has 0 saturated heterocycles. The molecule has 2 heterocycles. The van der Waals surface area contributed by atoms with Crippen LogP contribution in [0.1, 0.15) is 16.7 Å². The van der Waals surface area contributed by atoms with Crippen LogP contribution in [0.4, 0.5) is 22.7 Å². The molecule has 7 heteroatoms. The summed E-state index contributed by atoms with van der Waals surface area (Å²) in [7, 11) is 6.99. The summed E-state index contributed by atoms with van der Waals surface area (Å²) < 4.78 is 1.32. The Morgan fingerprint density at radius 1 is 0.804 bits per heavy atom. The Hall–Kier alpha value is -5.58. The third-order valence-corrected chi connectivity index (χ3v) is 9.84. The van der Waals surface area contributed by atoms with Crippen molar-refractivity contribution < 1.29 is 5.21 Å². The van der Waals surface area contributed by atoms with Crippen molar-refractivity contribution in [2.24, 2.45) is 0 Å². The Labute approximate surface area is 272 Å². The van der Waals surface area contributed by atoms with Gasteiger partial charge in [0.1, 0.15) is 0 Å². The van der Waals surface area contributed by atoms with Gasteiger partial charge in [0.25, 0.3) is 0 Å². The van der Waals surface area contributed by atoms with Gasteiger partial charge in [-0.3, -0.25) is 0 Å². The van der Waals surface area contributed by atoms with E-state index in [9.17, 15) is 5.21 Å². The van der Waals surface area contributed by atoms with Crippen LogP contribution in [0.2, 0.25) is 0 Å². The van der Waals surface area contributed by atoms with Crippen LogP contribution in [0.25, 0.3) is 32.9 Å². The van der Waals surface area contributed by atoms with E-state index in [0.717, 1.165) is 76.6 Å². The second kappa shape index (κ2) is 11.1. The van der Waals surface area contributed by atoms with Crippen LogP contribution in [-0.2, 0) is 6.54 Å². The monoisotopic (exact) mass is 610 g/mol. The zero-order chi connectivity index (χ0) is 31.4. The van der Waals surface area contributed by atoms with Crippen LogP contribution in [-0.4, -0.2) is 17.9 Å². The van der Waals surface area contributed by atoms with Crippen molar-refractivity contribution in [3.8, 4) is 17.2 Å². The Kier molecular flexibility index (Phi) is 6.74. The summed E-state index contributed by atoms with van der Waals surface area (Å²) in [5, 5.41) is 22.8. The number of anilines is 4.